The first-order valence-electron chi connectivity index (χ1n) is 4.13. The van der Waals surface area contributed by atoms with Gasteiger partial charge < -0.3 is 4.84 Å². The zero-order chi connectivity index (χ0) is 11.3. The minimum atomic E-state index is -3.02. The Kier molecular flexibility index (Phi) is 3.75. The molecule has 1 rings (SSSR count). The second-order valence-electron chi connectivity index (χ2n) is 2.73. The van der Waals surface area contributed by atoms with Gasteiger partial charge in [0.1, 0.15) is 6.07 Å². The van der Waals surface area contributed by atoms with Gasteiger partial charge in [-0.3, -0.25) is 0 Å². The third-order valence-corrected chi connectivity index (χ3v) is 1.73. The van der Waals surface area contributed by atoms with E-state index in [1.54, 1.807) is 37.3 Å². The van der Waals surface area contributed by atoms with Gasteiger partial charge in [0.2, 0.25) is 0 Å². The van der Waals surface area contributed by atoms with Crippen LogP contribution in [0.2, 0.25) is 0 Å². The molecule has 0 unspecified atom stereocenters. The standard InChI is InChI=1S/C10H8F2N2O/c1-7-4-2-3-5-8(7)9(6-13)14-15-10(11)12/h2-5,10H,1H3. The molecular formula is C10H8F2N2O. The van der Waals surface area contributed by atoms with Gasteiger partial charge in [0, 0.05) is 5.56 Å². The molecule has 0 saturated carbocycles. The molecular weight excluding hydrogens is 202 g/mol. The fourth-order valence-electron chi connectivity index (χ4n) is 1.06. The van der Waals surface area contributed by atoms with E-state index < -0.39 is 6.61 Å². The highest BCUT2D eigenvalue weighted by molar-refractivity contribution is 6.12. The molecule has 1 aromatic carbocycles. The number of hydrogen-bond donors (Lipinski definition) is 0. The van der Waals surface area contributed by atoms with Crippen LogP contribution in [0.4, 0.5) is 8.78 Å². The fraction of sp³-hybridized carbons (Fsp3) is 0.200. The van der Waals surface area contributed by atoms with Crippen LogP contribution < -0.4 is 0 Å². The van der Waals surface area contributed by atoms with E-state index in [2.05, 4.69) is 9.99 Å². The highest BCUT2D eigenvalue weighted by atomic mass is 19.3. The van der Waals surface area contributed by atoms with Gasteiger partial charge in [-0.25, -0.2) is 0 Å². The summed E-state index contributed by atoms with van der Waals surface area (Å²) in [6.07, 6.45) is 0. The highest BCUT2D eigenvalue weighted by Gasteiger charge is 2.08. The third-order valence-electron chi connectivity index (χ3n) is 1.73. The summed E-state index contributed by atoms with van der Waals surface area (Å²) in [6, 6.07) is 8.55. The summed E-state index contributed by atoms with van der Waals surface area (Å²) >= 11 is 0. The quantitative estimate of drug-likeness (QED) is 0.568. The van der Waals surface area contributed by atoms with E-state index in [9.17, 15) is 8.78 Å². The molecule has 3 nitrogen and oxygen atoms in total. The summed E-state index contributed by atoms with van der Waals surface area (Å²) in [4.78, 5) is 3.74. The van der Waals surface area contributed by atoms with Crippen molar-refractivity contribution in [1.29, 1.82) is 5.26 Å². The maximum Gasteiger partial charge on any atom is 0.407 e. The zero-order valence-electron chi connectivity index (χ0n) is 7.95. The monoisotopic (exact) mass is 210 g/mol. The fourth-order valence-corrected chi connectivity index (χ4v) is 1.06. The molecule has 0 spiro atoms. The second kappa shape index (κ2) is 5.05. The number of aryl methyl sites for hydroxylation is 1. The number of oxime groups is 1. The van der Waals surface area contributed by atoms with Crippen molar-refractivity contribution in [3.63, 3.8) is 0 Å². The molecule has 0 bridgehead atoms. The summed E-state index contributed by atoms with van der Waals surface area (Å²) in [5.41, 5.74) is 1.10. The van der Waals surface area contributed by atoms with Crippen molar-refractivity contribution in [3.8, 4) is 6.07 Å². The lowest BCUT2D eigenvalue weighted by atomic mass is 10.1. The minimum absolute atomic E-state index is 0.159. The molecule has 0 fully saturated rings. The molecule has 0 radical (unpaired) electrons. The van der Waals surface area contributed by atoms with Gasteiger partial charge in [0.05, 0.1) is 0 Å². The number of rotatable bonds is 3. The second-order valence-corrected chi connectivity index (χ2v) is 2.73. The van der Waals surface area contributed by atoms with Crippen molar-refractivity contribution in [2.24, 2.45) is 5.16 Å². The van der Waals surface area contributed by atoms with Crippen molar-refractivity contribution in [1.82, 2.24) is 0 Å². The molecule has 0 aliphatic rings. The Balaban J connectivity index is 2.99. The van der Waals surface area contributed by atoms with Crippen LogP contribution in [0.1, 0.15) is 11.1 Å². The summed E-state index contributed by atoms with van der Waals surface area (Å²) in [5, 5.41) is 11.8. The molecule has 0 N–H and O–H groups in total. The average Bonchev–Trinajstić information content (AvgIpc) is 2.21. The van der Waals surface area contributed by atoms with Gasteiger partial charge in [-0.05, 0) is 12.5 Å². The van der Waals surface area contributed by atoms with Crippen LogP contribution >= 0.6 is 0 Å². The van der Waals surface area contributed by atoms with Crippen LogP contribution in [0.3, 0.4) is 0 Å². The van der Waals surface area contributed by atoms with Crippen LogP contribution in [-0.2, 0) is 4.84 Å². The molecule has 0 saturated heterocycles. The number of alkyl halides is 2. The average molecular weight is 210 g/mol. The molecule has 0 aromatic heterocycles. The van der Waals surface area contributed by atoms with Gasteiger partial charge >= 0.3 is 6.61 Å². The zero-order valence-corrected chi connectivity index (χ0v) is 7.95. The summed E-state index contributed by atoms with van der Waals surface area (Å²) in [7, 11) is 0. The Bertz CT molecular complexity index is 410. The molecule has 78 valence electrons. The molecule has 0 aliphatic heterocycles. The first kappa shape index (κ1) is 11.1. The number of halogens is 2. The lowest BCUT2D eigenvalue weighted by Gasteiger charge is -2.02. The number of benzene rings is 1. The number of nitriles is 1. The first-order chi connectivity index (χ1) is 7.15. The molecule has 0 aliphatic carbocycles. The molecule has 0 amide bonds. The van der Waals surface area contributed by atoms with Crippen molar-refractivity contribution in [2.75, 3.05) is 0 Å². The Labute approximate surface area is 85.6 Å². The number of hydrogen-bond acceptors (Lipinski definition) is 3. The van der Waals surface area contributed by atoms with E-state index in [0.717, 1.165) is 5.56 Å². The van der Waals surface area contributed by atoms with Crippen molar-refractivity contribution < 1.29 is 13.6 Å². The van der Waals surface area contributed by atoms with Crippen LogP contribution in [0.25, 0.3) is 0 Å². The van der Waals surface area contributed by atoms with Crippen molar-refractivity contribution in [3.05, 3.63) is 35.4 Å². The van der Waals surface area contributed by atoms with Gasteiger partial charge in [-0.1, -0.05) is 29.4 Å². The highest BCUT2D eigenvalue weighted by Crippen LogP contribution is 2.09. The summed E-state index contributed by atoms with van der Waals surface area (Å²) in [5.74, 6) is 0. The number of nitrogens with zero attached hydrogens (tertiary/aromatic N) is 2. The Morgan fingerprint density at radius 1 is 1.47 bits per heavy atom. The molecule has 1 aromatic rings. The lowest BCUT2D eigenvalue weighted by Crippen LogP contribution is -2.03. The normalized spacial score (nSPS) is 11.3. The lowest BCUT2D eigenvalue weighted by molar-refractivity contribution is -0.127. The molecule has 0 heterocycles. The van der Waals surface area contributed by atoms with Gasteiger partial charge in [0.15, 0.2) is 5.71 Å². The van der Waals surface area contributed by atoms with Crippen molar-refractivity contribution in [2.45, 2.75) is 13.5 Å². The van der Waals surface area contributed by atoms with Crippen molar-refractivity contribution >= 4 is 5.71 Å². The van der Waals surface area contributed by atoms with Crippen LogP contribution in [0.15, 0.2) is 29.4 Å². The van der Waals surface area contributed by atoms with E-state index in [-0.39, 0.29) is 5.71 Å². The SMILES string of the molecule is Cc1ccccc1C(C#N)=NOC(F)F. The van der Waals surface area contributed by atoms with Crippen LogP contribution in [0, 0.1) is 18.3 Å². The first-order valence-corrected chi connectivity index (χ1v) is 4.13. The maximum atomic E-state index is 11.7. The molecule has 15 heavy (non-hydrogen) atoms. The Morgan fingerprint density at radius 3 is 2.67 bits per heavy atom. The van der Waals surface area contributed by atoms with Crippen LogP contribution in [0.5, 0.6) is 0 Å². The predicted molar refractivity (Wildman–Crippen MR) is 50.4 cm³/mol. The van der Waals surface area contributed by atoms with E-state index in [0.29, 0.717) is 5.56 Å². The maximum absolute atomic E-state index is 11.7. The molecule has 0 atom stereocenters. The van der Waals surface area contributed by atoms with E-state index in [1.165, 1.54) is 0 Å². The van der Waals surface area contributed by atoms with E-state index in [4.69, 9.17) is 5.26 Å². The van der Waals surface area contributed by atoms with E-state index >= 15 is 0 Å². The molecule has 5 heteroatoms. The third kappa shape index (κ3) is 3.02. The Hall–Kier alpha value is -1.96. The smallest absolute Gasteiger partial charge is 0.324 e. The summed E-state index contributed by atoms with van der Waals surface area (Å²) in [6.45, 7) is -1.26. The van der Waals surface area contributed by atoms with Gasteiger partial charge in [-0.2, -0.15) is 14.0 Å². The topological polar surface area (TPSA) is 45.4 Å². The Morgan fingerprint density at radius 2 is 2.13 bits per heavy atom. The van der Waals surface area contributed by atoms with E-state index in [1.807, 2.05) is 0 Å². The van der Waals surface area contributed by atoms with Crippen LogP contribution in [-0.4, -0.2) is 12.3 Å². The minimum Gasteiger partial charge on any atom is -0.324 e. The largest absolute Gasteiger partial charge is 0.407 e. The summed E-state index contributed by atoms with van der Waals surface area (Å²) < 4.78 is 23.4. The van der Waals surface area contributed by atoms with Gasteiger partial charge in [-0.15, -0.1) is 0 Å². The van der Waals surface area contributed by atoms with Gasteiger partial charge in [0.25, 0.3) is 0 Å². The predicted octanol–water partition coefficient (Wildman–Crippen LogP) is 2.46.